The normalized spacial score (nSPS) is 16.4. The number of benzene rings is 1. The summed E-state index contributed by atoms with van der Waals surface area (Å²) in [5, 5.41) is 6.10. The third-order valence-corrected chi connectivity index (χ3v) is 5.58. The lowest BCUT2D eigenvalue weighted by Crippen LogP contribution is -2.50. The molecule has 8 heteroatoms. The third kappa shape index (κ3) is 5.82. The first kappa shape index (κ1) is 21.4. The molecule has 1 aromatic heterocycles. The highest BCUT2D eigenvalue weighted by atomic mass is 35.5. The van der Waals surface area contributed by atoms with Gasteiger partial charge in [0.2, 0.25) is 0 Å². The average molecular weight is 418 g/mol. The molecule has 2 N–H and O–H groups in total. The van der Waals surface area contributed by atoms with Crippen LogP contribution in [0.5, 0.6) is 0 Å². The van der Waals surface area contributed by atoms with Crippen molar-refractivity contribution < 1.29 is 9.59 Å². The molecule has 1 saturated heterocycles. The standard InChI is InChI=1S/C21H28ClN5O2/c1-25-10-12-27(13-11-25)19(18-4-3-9-26(18)2)15-24-21(29)20(28)23-14-16-5-7-17(22)8-6-16/h3-9,19H,10-15H2,1-2H3,(H,23,28)(H,24,29)/t19-/m0/s1. The molecular weight excluding hydrogens is 390 g/mol. The van der Waals surface area contributed by atoms with Crippen molar-refractivity contribution in [2.24, 2.45) is 7.05 Å². The predicted octanol–water partition coefficient (Wildman–Crippen LogP) is 1.40. The summed E-state index contributed by atoms with van der Waals surface area (Å²) >= 11 is 5.86. The van der Waals surface area contributed by atoms with Gasteiger partial charge in [-0.2, -0.15) is 0 Å². The molecule has 7 nitrogen and oxygen atoms in total. The van der Waals surface area contributed by atoms with Crippen LogP contribution in [0.2, 0.25) is 5.02 Å². The number of piperazine rings is 1. The molecule has 2 amide bonds. The molecule has 1 aliphatic rings. The van der Waals surface area contributed by atoms with Crippen LogP contribution in [-0.4, -0.2) is 66.0 Å². The zero-order valence-corrected chi connectivity index (χ0v) is 17.7. The van der Waals surface area contributed by atoms with Gasteiger partial charge in [-0.3, -0.25) is 14.5 Å². The highest BCUT2D eigenvalue weighted by Gasteiger charge is 2.26. The van der Waals surface area contributed by atoms with Gasteiger partial charge in [0.15, 0.2) is 0 Å². The number of hydrogen-bond donors (Lipinski definition) is 2. The Labute approximate surface area is 176 Å². The van der Waals surface area contributed by atoms with Crippen LogP contribution >= 0.6 is 11.6 Å². The fraction of sp³-hybridized carbons (Fsp3) is 0.429. The first-order valence-corrected chi connectivity index (χ1v) is 10.2. The molecular formula is C21H28ClN5O2. The van der Waals surface area contributed by atoms with Gasteiger partial charge < -0.3 is 20.1 Å². The molecule has 3 rings (SSSR count). The second-order valence-corrected chi connectivity index (χ2v) is 7.85. The van der Waals surface area contributed by atoms with Crippen molar-refractivity contribution in [1.82, 2.24) is 25.0 Å². The number of aromatic nitrogens is 1. The Morgan fingerprint density at radius 1 is 1.00 bits per heavy atom. The fourth-order valence-electron chi connectivity index (χ4n) is 3.51. The van der Waals surface area contributed by atoms with Gasteiger partial charge >= 0.3 is 11.8 Å². The van der Waals surface area contributed by atoms with E-state index in [2.05, 4.69) is 38.1 Å². The molecule has 2 heterocycles. The largest absolute Gasteiger partial charge is 0.353 e. The first-order chi connectivity index (χ1) is 13.9. The van der Waals surface area contributed by atoms with E-state index in [0.717, 1.165) is 37.4 Å². The molecule has 1 aliphatic heterocycles. The molecule has 0 bridgehead atoms. The zero-order chi connectivity index (χ0) is 20.8. The number of hydrogen-bond acceptors (Lipinski definition) is 4. The maximum Gasteiger partial charge on any atom is 0.309 e. The molecule has 0 unspecified atom stereocenters. The van der Waals surface area contributed by atoms with Gasteiger partial charge in [-0.25, -0.2) is 0 Å². The highest BCUT2D eigenvalue weighted by Crippen LogP contribution is 2.21. The predicted molar refractivity (Wildman–Crippen MR) is 114 cm³/mol. The van der Waals surface area contributed by atoms with Crippen molar-refractivity contribution in [1.29, 1.82) is 0 Å². The molecule has 156 valence electrons. The Morgan fingerprint density at radius 3 is 2.28 bits per heavy atom. The SMILES string of the molecule is CN1CCN([C@@H](CNC(=O)C(=O)NCc2ccc(Cl)cc2)c2cccn2C)CC1. The van der Waals surface area contributed by atoms with E-state index >= 15 is 0 Å². The summed E-state index contributed by atoms with van der Waals surface area (Å²) < 4.78 is 2.07. The lowest BCUT2D eigenvalue weighted by atomic mass is 10.1. The molecule has 1 atom stereocenters. The Morgan fingerprint density at radius 2 is 1.66 bits per heavy atom. The van der Waals surface area contributed by atoms with Crippen LogP contribution in [0, 0.1) is 0 Å². The zero-order valence-electron chi connectivity index (χ0n) is 16.9. The van der Waals surface area contributed by atoms with E-state index < -0.39 is 11.8 Å². The number of aryl methyl sites for hydroxylation is 1. The maximum absolute atomic E-state index is 12.3. The number of amides is 2. The van der Waals surface area contributed by atoms with Gasteiger partial charge in [0, 0.05) is 63.2 Å². The molecule has 0 spiro atoms. The number of halogens is 1. The van der Waals surface area contributed by atoms with Crippen molar-refractivity contribution in [2.45, 2.75) is 12.6 Å². The summed E-state index contributed by atoms with van der Waals surface area (Å²) in [6, 6.07) is 11.2. The van der Waals surface area contributed by atoms with E-state index in [-0.39, 0.29) is 12.6 Å². The minimum Gasteiger partial charge on any atom is -0.353 e. The Hall–Kier alpha value is -2.35. The van der Waals surface area contributed by atoms with Gasteiger partial charge in [-0.15, -0.1) is 0 Å². The monoisotopic (exact) mass is 417 g/mol. The van der Waals surface area contributed by atoms with Crippen molar-refractivity contribution in [3.63, 3.8) is 0 Å². The van der Waals surface area contributed by atoms with Crippen LogP contribution in [0.15, 0.2) is 42.6 Å². The van der Waals surface area contributed by atoms with E-state index in [4.69, 9.17) is 11.6 Å². The van der Waals surface area contributed by atoms with E-state index in [1.807, 2.05) is 31.4 Å². The van der Waals surface area contributed by atoms with Gasteiger partial charge in [0.25, 0.3) is 0 Å². The van der Waals surface area contributed by atoms with Gasteiger partial charge in [0.1, 0.15) is 0 Å². The summed E-state index contributed by atoms with van der Waals surface area (Å²) in [6.45, 7) is 4.47. The lowest BCUT2D eigenvalue weighted by molar-refractivity contribution is -0.139. The van der Waals surface area contributed by atoms with E-state index in [1.54, 1.807) is 12.1 Å². The number of carbonyl (C=O) groups excluding carboxylic acids is 2. The number of nitrogens with zero attached hydrogens (tertiary/aromatic N) is 3. The van der Waals surface area contributed by atoms with Crippen molar-refractivity contribution >= 4 is 23.4 Å². The number of rotatable bonds is 6. The van der Waals surface area contributed by atoms with Crippen LogP contribution in [0.25, 0.3) is 0 Å². The Kier molecular flexibility index (Phi) is 7.30. The molecule has 1 aromatic carbocycles. The summed E-state index contributed by atoms with van der Waals surface area (Å²) in [5.74, 6) is -1.25. The molecule has 2 aromatic rings. The summed E-state index contributed by atoms with van der Waals surface area (Å²) in [6.07, 6.45) is 2.00. The topological polar surface area (TPSA) is 69.6 Å². The minimum absolute atomic E-state index is 0.0247. The molecule has 0 aliphatic carbocycles. The van der Waals surface area contributed by atoms with Crippen LogP contribution in [0.1, 0.15) is 17.3 Å². The van der Waals surface area contributed by atoms with Crippen molar-refractivity contribution in [3.05, 3.63) is 58.9 Å². The number of nitrogens with one attached hydrogen (secondary N) is 2. The summed E-state index contributed by atoms with van der Waals surface area (Å²) in [5.41, 5.74) is 2.01. The van der Waals surface area contributed by atoms with Crippen LogP contribution in [0.4, 0.5) is 0 Å². The number of carbonyl (C=O) groups is 2. The molecule has 0 radical (unpaired) electrons. The number of likely N-dealkylation sites (N-methyl/N-ethyl adjacent to an activating group) is 1. The quantitative estimate of drug-likeness (QED) is 0.697. The van der Waals surface area contributed by atoms with Gasteiger partial charge in [0.05, 0.1) is 6.04 Å². The third-order valence-electron chi connectivity index (χ3n) is 5.33. The van der Waals surface area contributed by atoms with Crippen LogP contribution < -0.4 is 10.6 Å². The molecule has 1 fully saturated rings. The maximum atomic E-state index is 12.3. The smallest absolute Gasteiger partial charge is 0.309 e. The second-order valence-electron chi connectivity index (χ2n) is 7.42. The summed E-state index contributed by atoms with van der Waals surface area (Å²) in [7, 11) is 4.11. The van der Waals surface area contributed by atoms with Gasteiger partial charge in [-0.1, -0.05) is 23.7 Å². The summed E-state index contributed by atoms with van der Waals surface area (Å²) in [4.78, 5) is 29.2. The Balaban J connectivity index is 1.56. The van der Waals surface area contributed by atoms with E-state index in [0.29, 0.717) is 11.6 Å². The molecule has 0 saturated carbocycles. The van der Waals surface area contributed by atoms with Gasteiger partial charge in [-0.05, 0) is 36.9 Å². The minimum atomic E-state index is -0.635. The van der Waals surface area contributed by atoms with E-state index in [9.17, 15) is 9.59 Å². The lowest BCUT2D eigenvalue weighted by Gasteiger charge is -2.38. The molecule has 29 heavy (non-hydrogen) atoms. The van der Waals surface area contributed by atoms with Crippen LogP contribution in [-0.2, 0) is 23.2 Å². The van der Waals surface area contributed by atoms with Crippen molar-refractivity contribution in [2.75, 3.05) is 39.8 Å². The van der Waals surface area contributed by atoms with E-state index in [1.165, 1.54) is 0 Å². The average Bonchev–Trinajstić information content (AvgIpc) is 3.14. The second kappa shape index (κ2) is 9.91. The fourth-order valence-corrected chi connectivity index (χ4v) is 3.64. The first-order valence-electron chi connectivity index (χ1n) is 9.78. The van der Waals surface area contributed by atoms with Crippen molar-refractivity contribution in [3.8, 4) is 0 Å². The highest BCUT2D eigenvalue weighted by molar-refractivity contribution is 6.35. The Bertz CT molecular complexity index is 828. The van der Waals surface area contributed by atoms with Crippen LogP contribution in [0.3, 0.4) is 0 Å².